The van der Waals surface area contributed by atoms with Crippen molar-refractivity contribution in [2.24, 2.45) is 17.4 Å². The van der Waals surface area contributed by atoms with Gasteiger partial charge in [0.05, 0.1) is 12.5 Å². The Labute approximate surface area is 186 Å². The van der Waals surface area contributed by atoms with Gasteiger partial charge in [0, 0.05) is 5.75 Å². The first-order chi connectivity index (χ1) is 14.4. The number of nitrogens with two attached hydrogens (primary N) is 2. The van der Waals surface area contributed by atoms with Gasteiger partial charge in [-0.2, -0.15) is 12.6 Å². The van der Waals surface area contributed by atoms with Gasteiger partial charge in [-0.25, -0.2) is 4.79 Å². The average Bonchev–Trinajstić information content (AvgIpc) is 2.68. The first-order valence-corrected chi connectivity index (χ1v) is 10.5. The minimum absolute atomic E-state index is 0.167. The third kappa shape index (κ3) is 11.0. The Kier molecular flexibility index (Phi) is 13.5. The Hall–Kier alpha value is -2.38. The molecule has 0 aliphatic heterocycles. The van der Waals surface area contributed by atoms with Gasteiger partial charge in [-0.1, -0.05) is 20.3 Å². The van der Waals surface area contributed by atoms with Gasteiger partial charge < -0.3 is 37.6 Å². The number of carbonyl (C=O) groups excluding carboxylic acids is 3. The van der Waals surface area contributed by atoms with Crippen LogP contribution in [0.1, 0.15) is 39.5 Å². The van der Waals surface area contributed by atoms with E-state index in [0.29, 0.717) is 25.8 Å². The van der Waals surface area contributed by atoms with Crippen LogP contribution in [-0.2, 0) is 24.0 Å². The van der Waals surface area contributed by atoms with Crippen LogP contribution >= 0.6 is 12.6 Å². The number of nitrogens with one attached hydrogen (secondary N) is 3. The second kappa shape index (κ2) is 14.6. The maximum atomic E-state index is 12.6. The minimum atomic E-state index is -1.47. The number of carboxylic acid groups (broad SMARTS) is 2. The van der Waals surface area contributed by atoms with Crippen molar-refractivity contribution < 1.29 is 34.2 Å². The Balaban J connectivity index is 5.27. The summed E-state index contributed by atoms with van der Waals surface area (Å²) in [6.45, 7) is 3.66. The summed E-state index contributed by atoms with van der Waals surface area (Å²) in [6.07, 6.45) is 0.830. The summed E-state index contributed by atoms with van der Waals surface area (Å²) in [7, 11) is 0. The number of hydrogen-bond donors (Lipinski definition) is 8. The van der Waals surface area contributed by atoms with Crippen molar-refractivity contribution in [2.45, 2.75) is 63.7 Å². The smallest absolute Gasteiger partial charge is 0.327 e. The molecule has 0 aromatic heterocycles. The molecular formula is C18H33N5O7S. The zero-order chi connectivity index (χ0) is 24.1. The number of amides is 3. The van der Waals surface area contributed by atoms with E-state index in [1.807, 2.05) is 0 Å². The van der Waals surface area contributed by atoms with Crippen molar-refractivity contribution in [3.05, 3.63) is 0 Å². The summed E-state index contributed by atoms with van der Waals surface area (Å²) >= 11 is 3.86. The lowest BCUT2D eigenvalue weighted by molar-refractivity contribution is -0.143. The number of aliphatic carboxylic acids is 2. The topological polar surface area (TPSA) is 214 Å². The molecule has 4 unspecified atom stereocenters. The fourth-order valence-electron chi connectivity index (χ4n) is 2.54. The zero-order valence-electron chi connectivity index (χ0n) is 17.7. The standard InChI is InChI=1S/C18H33N5O7S/c1-9(2)14(17(28)22-12(8-31)18(29)30)23-16(27)11(7-13(24)25)21-15(26)10(20)5-3-4-6-19/h9-12,14,31H,3-8,19-20H2,1-2H3,(H,21,26)(H,22,28)(H,23,27)(H,24,25)(H,29,30). The fourth-order valence-corrected chi connectivity index (χ4v) is 2.79. The summed E-state index contributed by atoms with van der Waals surface area (Å²) in [4.78, 5) is 59.6. The molecule has 0 aliphatic rings. The molecule has 3 amide bonds. The van der Waals surface area contributed by atoms with E-state index in [-0.39, 0.29) is 5.75 Å². The summed E-state index contributed by atoms with van der Waals surface area (Å²) in [5.74, 6) is -5.65. The molecule has 0 bridgehead atoms. The number of thiol groups is 1. The second-order valence-electron chi connectivity index (χ2n) is 7.36. The molecule has 0 aromatic rings. The highest BCUT2D eigenvalue weighted by Crippen LogP contribution is 2.06. The highest BCUT2D eigenvalue weighted by atomic mass is 32.1. The van der Waals surface area contributed by atoms with Crippen LogP contribution in [0.5, 0.6) is 0 Å². The van der Waals surface area contributed by atoms with Crippen molar-refractivity contribution in [1.82, 2.24) is 16.0 Å². The number of hydrogen-bond acceptors (Lipinski definition) is 8. The zero-order valence-corrected chi connectivity index (χ0v) is 18.6. The Morgan fingerprint density at radius 3 is 1.94 bits per heavy atom. The molecule has 31 heavy (non-hydrogen) atoms. The van der Waals surface area contributed by atoms with Crippen LogP contribution in [0.4, 0.5) is 0 Å². The van der Waals surface area contributed by atoms with Crippen LogP contribution in [0.25, 0.3) is 0 Å². The van der Waals surface area contributed by atoms with Crippen LogP contribution < -0.4 is 27.4 Å². The van der Waals surface area contributed by atoms with E-state index in [9.17, 15) is 24.0 Å². The molecule has 178 valence electrons. The Morgan fingerprint density at radius 2 is 1.48 bits per heavy atom. The monoisotopic (exact) mass is 463 g/mol. The van der Waals surface area contributed by atoms with Gasteiger partial charge in [0.25, 0.3) is 0 Å². The molecule has 13 heteroatoms. The van der Waals surface area contributed by atoms with Gasteiger partial charge in [-0.3, -0.25) is 19.2 Å². The Bertz CT molecular complexity index is 647. The third-order valence-corrected chi connectivity index (χ3v) is 4.73. The highest BCUT2D eigenvalue weighted by molar-refractivity contribution is 7.80. The molecule has 0 saturated heterocycles. The van der Waals surface area contributed by atoms with Crippen LogP contribution in [0.2, 0.25) is 0 Å². The van der Waals surface area contributed by atoms with Gasteiger partial charge >= 0.3 is 11.9 Å². The lowest BCUT2D eigenvalue weighted by Gasteiger charge is -2.26. The molecule has 0 heterocycles. The predicted molar refractivity (Wildman–Crippen MR) is 115 cm³/mol. The molecular weight excluding hydrogens is 430 g/mol. The number of unbranched alkanes of at least 4 members (excludes halogenated alkanes) is 1. The Morgan fingerprint density at radius 1 is 0.903 bits per heavy atom. The third-order valence-electron chi connectivity index (χ3n) is 4.36. The summed E-state index contributed by atoms with van der Waals surface area (Å²) in [5, 5.41) is 25.1. The van der Waals surface area contributed by atoms with E-state index in [1.54, 1.807) is 13.8 Å². The van der Waals surface area contributed by atoms with Crippen molar-refractivity contribution >= 4 is 42.3 Å². The lowest BCUT2D eigenvalue weighted by Crippen LogP contribution is -2.59. The predicted octanol–water partition coefficient (Wildman–Crippen LogP) is -1.96. The van der Waals surface area contributed by atoms with Crippen molar-refractivity contribution in [1.29, 1.82) is 0 Å². The van der Waals surface area contributed by atoms with Gasteiger partial charge in [0.1, 0.15) is 18.1 Å². The largest absolute Gasteiger partial charge is 0.481 e. The van der Waals surface area contributed by atoms with E-state index in [2.05, 4.69) is 28.6 Å². The fraction of sp³-hybridized carbons (Fsp3) is 0.722. The van der Waals surface area contributed by atoms with Crippen LogP contribution in [0.3, 0.4) is 0 Å². The van der Waals surface area contributed by atoms with Crippen LogP contribution in [-0.4, -0.2) is 76.3 Å². The molecule has 9 N–H and O–H groups in total. The van der Waals surface area contributed by atoms with Gasteiger partial charge in [0.15, 0.2) is 0 Å². The molecule has 0 rings (SSSR count). The number of rotatable bonds is 15. The van der Waals surface area contributed by atoms with Crippen LogP contribution in [0, 0.1) is 5.92 Å². The molecule has 0 aliphatic carbocycles. The maximum absolute atomic E-state index is 12.6. The first kappa shape index (κ1) is 28.6. The number of carboxylic acids is 2. The van der Waals surface area contributed by atoms with E-state index < -0.39 is 66.2 Å². The quantitative estimate of drug-likeness (QED) is 0.0998. The molecule has 12 nitrogen and oxygen atoms in total. The van der Waals surface area contributed by atoms with Crippen molar-refractivity contribution in [2.75, 3.05) is 12.3 Å². The van der Waals surface area contributed by atoms with E-state index >= 15 is 0 Å². The molecule has 0 radical (unpaired) electrons. The first-order valence-electron chi connectivity index (χ1n) is 9.86. The van der Waals surface area contributed by atoms with Gasteiger partial charge in [0.2, 0.25) is 17.7 Å². The lowest BCUT2D eigenvalue weighted by atomic mass is 10.0. The summed E-state index contributed by atoms with van der Waals surface area (Å²) < 4.78 is 0. The summed E-state index contributed by atoms with van der Waals surface area (Å²) in [5.41, 5.74) is 11.2. The number of carbonyl (C=O) groups is 5. The molecule has 4 atom stereocenters. The van der Waals surface area contributed by atoms with E-state index in [0.717, 1.165) is 0 Å². The van der Waals surface area contributed by atoms with Gasteiger partial charge in [-0.15, -0.1) is 0 Å². The van der Waals surface area contributed by atoms with E-state index in [1.165, 1.54) is 0 Å². The van der Waals surface area contributed by atoms with E-state index in [4.69, 9.17) is 21.7 Å². The average molecular weight is 464 g/mol. The van der Waals surface area contributed by atoms with Crippen molar-refractivity contribution in [3.8, 4) is 0 Å². The molecule has 0 saturated carbocycles. The van der Waals surface area contributed by atoms with Gasteiger partial charge in [-0.05, 0) is 25.3 Å². The second-order valence-corrected chi connectivity index (χ2v) is 7.73. The van der Waals surface area contributed by atoms with Crippen LogP contribution in [0.15, 0.2) is 0 Å². The molecule has 0 aromatic carbocycles. The maximum Gasteiger partial charge on any atom is 0.327 e. The van der Waals surface area contributed by atoms with Crippen molar-refractivity contribution in [3.63, 3.8) is 0 Å². The minimum Gasteiger partial charge on any atom is -0.481 e. The highest BCUT2D eigenvalue weighted by Gasteiger charge is 2.32. The summed E-state index contributed by atoms with van der Waals surface area (Å²) in [6, 6.07) is -4.86. The normalized spacial score (nSPS) is 14.8. The molecule has 0 spiro atoms. The molecule has 0 fully saturated rings. The SMILES string of the molecule is CC(C)C(NC(=O)C(CC(=O)O)NC(=O)C(N)CCCCN)C(=O)NC(CS)C(=O)O.